The van der Waals surface area contributed by atoms with E-state index in [-0.39, 0.29) is 0 Å². The van der Waals surface area contributed by atoms with Gasteiger partial charge in [0.15, 0.2) is 0 Å². The molecule has 1 atom stereocenters. The standard InChI is InChI=1S/C15H17BrClNS/c1-11(10-12-2-4-13(17)5-3-12)18-9-8-14-6-7-15(16)19-14/h2-7,11,18H,8-10H2,1H3. The van der Waals surface area contributed by atoms with Gasteiger partial charge in [0.2, 0.25) is 0 Å². The first-order chi connectivity index (χ1) is 9.13. The van der Waals surface area contributed by atoms with E-state index in [4.69, 9.17) is 11.6 Å². The summed E-state index contributed by atoms with van der Waals surface area (Å²) in [5.41, 5.74) is 1.32. The SMILES string of the molecule is CC(Cc1ccc(Cl)cc1)NCCc1ccc(Br)s1. The van der Waals surface area contributed by atoms with E-state index in [0.717, 1.165) is 24.4 Å². The Kier molecular flexibility index (Phi) is 5.89. The van der Waals surface area contributed by atoms with E-state index < -0.39 is 0 Å². The maximum atomic E-state index is 5.88. The number of rotatable bonds is 6. The monoisotopic (exact) mass is 357 g/mol. The van der Waals surface area contributed by atoms with Gasteiger partial charge < -0.3 is 5.32 Å². The van der Waals surface area contributed by atoms with Crippen LogP contribution in [-0.2, 0) is 12.8 Å². The molecule has 1 unspecified atom stereocenters. The average Bonchev–Trinajstić information content (AvgIpc) is 2.78. The van der Waals surface area contributed by atoms with Crippen molar-refractivity contribution in [2.75, 3.05) is 6.54 Å². The van der Waals surface area contributed by atoms with Crippen molar-refractivity contribution < 1.29 is 0 Å². The predicted octanol–water partition coefficient (Wildman–Crippen LogP) is 4.93. The molecule has 0 saturated carbocycles. The molecule has 102 valence electrons. The smallest absolute Gasteiger partial charge is 0.0701 e. The Morgan fingerprint density at radius 1 is 1.21 bits per heavy atom. The Bertz CT molecular complexity index is 509. The number of hydrogen-bond acceptors (Lipinski definition) is 2. The number of halogens is 2. The predicted molar refractivity (Wildman–Crippen MR) is 88.3 cm³/mol. The highest BCUT2D eigenvalue weighted by Crippen LogP contribution is 2.22. The Balaban J connectivity index is 1.72. The van der Waals surface area contributed by atoms with Crippen molar-refractivity contribution in [2.24, 2.45) is 0 Å². The molecule has 0 fully saturated rings. The van der Waals surface area contributed by atoms with Crippen LogP contribution in [0.4, 0.5) is 0 Å². The first-order valence-corrected chi connectivity index (χ1v) is 8.34. The quantitative estimate of drug-likeness (QED) is 0.772. The van der Waals surface area contributed by atoms with Crippen molar-refractivity contribution in [1.82, 2.24) is 5.32 Å². The lowest BCUT2D eigenvalue weighted by Gasteiger charge is -2.13. The molecule has 2 rings (SSSR count). The van der Waals surface area contributed by atoms with Gasteiger partial charge in [0.25, 0.3) is 0 Å². The molecule has 0 aliphatic heterocycles. The zero-order chi connectivity index (χ0) is 13.7. The van der Waals surface area contributed by atoms with Gasteiger partial charge in [-0.25, -0.2) is 0 Å². The van der Waals surface area contributed by atoms with E-state index in [1.54, 1.807) is 11.3 Å². The van der Waals surface area contributed by atoms with Crippen LogP contribution in [0.1, 0.15) is 17.4 Å². The first-order valence-electron chi connectivity index (χ1n) is 6.35. The van der Waals surface area contributed by atoms with Crippen LogP contribution in [0.2, 0.25) is 5.02 Å². The minimum Gasteiger partial charge on any atom is -0.314 e. The summed E-state index contributed by atoms with van der Waals surface area (Å²) in [5.74, 6) is 0. The highest BCUT2D eigenvalue weighted by molar-refractivity contribution is 9.11. The van der Waals surface area contributed by atoms with E-state index in [2.05, 4.69) is 52.4 Å². The zero-order valence-corrected chi connectivity index (χ0v) is 14.0. The van der Waals surface area contributed by atoms with Gasteiger partial charge in [-0.3, -0.25) is 0 Å². The Labute approximate surface area is 132 Å². The second-order valence-electron chi connectivity index (χ2n) is 4.64. The van der Waals surface area contributed by atoms with Gasteiger partial charge in [-0.15, -0.1) is 11.3 Å². The summed E-state index contributed by atoms with van der Waals surface area (Å²) in [6, 6.07) is 12.9. The van der Waals surface area contributed by atoms with Crippen LogP contribution in [0.15, 0.2) is 40.2 Å². The van der Waals surface area contributed by atoms with Crippen LogP contribution in [0, 0.1) is 0 Å². The topological polar surface area (TPSA) is 12.0 Å². The lowest BCUT2D eigenvalue weighted by atomic mass is 10.1. The van der Waals surface area contributed by atoms with Crippen LogP contribution in [0.5, 0.6) is 0 Å². The first kappa shape index (κ1) is 15.0. The molecule has 1 aromatic heterocycles. The van der Waals surface area contributed by atoms with E-state index in [0.29, 0.717) is 6.04 Å². The number of nitrogens with one attached hydrogen (secondary N) is 1. The molecule has 4 heteroatoms. The summed E-state index contributed by atoms with van der Waals surface area (Å²) in [5, 5.41) is 4.36. The molecule has 19 heavy (non-hydrogen) atoms. The summed E-state index contributed by atoms with van der Waals surface area (Å²) >= 11 is 11.2. The van der Waals surface area contributed by atoms with Gasteiger partial charge in [0, 0.05) is 22.5 Å². The second-order valence-corrected chi connectivity index (χ2v) is 7.63. The highest BCUT2D eigenvalue weighted by Gasteiger charge is 2.04. The Morgan fingerprint density at radius 2 is 1.95 bits per heavy atom. The van der Waals surface area contributed by atoms with Crippen molar-refractivity contribution in [3.63, 3.8) is 0 Å². The second kappa shape index (κ2) is 7.44. The summed E-state index contributed by atoms with van der Waals surface area (Å²) < 4.78 is 1.21. The minimum absolute atomic E-state index is 0.476. The van der Waals surface area contributed by atoms with Crippen LogP contribution in [0.25, 0.3) is 0 Å². The van der Waals surface area contributed by atoms with Crippen LogP contribution in [-0.4, -0.2) is 12.6 Å². The molecular formula is C15H17BrClNS. The van der Waals surface area contributed by atoms with Crippen molar-refractivity contribution in [3.8, 4) is 0 Å². The molecule has 1 nitrogen and oxygen atoms in total. The lowest BCUT2D eigenvalue weighted by Crippen LogP contribution is -2.29. The molecule has 1 heterocycles. The van der Waals surface area contributed by atoms with Gasteiger partial charge in [0.1, 0.15) is 0 Å². The molecule has 0 bridgehead atoms. The van der Waals surface area contributed by atoms with E-state index in [9.17, 15) is 0 Å². The summed E-state index contributed by atoms with van der Waals surface area (Å²) in [4.78, 5) is 1.41. The van der Waals surface area contributed by atoms with E-state index in [1.165, 1.54) is 14.2 Å². The third-order valence-electron chi connectivity index (χ3n) is 2.95. The van der Waals surface area contributed by atoms with Gasteiger partial charge in [-0.05, 0) is 65.5 Å². The van der Waals surface area contributed by atoms with Crippen molar-refractivity contribution in [3.05, 3.63) is 55.6 Å². The number of benzene rings is 1. The zero-order valence-electron chi connectivity index (χ0n) is 10.8. The largest absolute Gasteiger partial charge is 0.314 e. The summed E-state index contributed by atoms with van der Waals surface area (Å²) in [7, 11) is 0. The fourth-order valence-corrected chi connectivity index (χ4v) is 3.58. The van der Waals surface area contributed by atoms with Crippen molar-refractivity contribution in [1.29, 1.82) is 0 Å². The third-order valence-corrected chi connectivity index (χ3v) is 4.88. The van der Waals surface area contributed by atoms with Gasteiger partial charge in [-0.2, -0.15) is 0 Å². The molecular weight excluding hydrogens is 342 g/mol. The molecule has 1 aromatic carbocycles. The maximum Gasteiger partial charge on any atom is 0.0701 e. The lowest BCUT2D eigenvalue weighted by molar-refractivity contribution is 0.550. The molecule has 0 aliphatic rings. The van der Waals surface area contributed by atoms with Gasteiger partial charge in [-0.1, -0.05) is 23.7 Å². The van der Waals surface area contributed by atoms with E-state index >= 15 is 0 Å². The molecule has 2 aromatic rings. The fourth-order valence-electron chi connectivity index (χ4n) is 1.97. The van der Waals surface area contributed by atoms with Crippen molar-refractivity contribution >= 4 is 38.9 Å². The van der Waals surface area contributed by atoms with E-state index in [1.807, 2.05) is 12.1 Å². The molecule has 0 radical (unpaired) electrons. The van der Waals surface area contributed by atoms with Gasteiger partial charge in [0.05, 0.1) is 3.79 Å². The average molecular weight is 359 g/mol. The number of hydrogen-bond donors (Lipinski definition) is 1. The normalized spacial score (nSPS) is 12.6. The third kappa shape index (κ3) is 5.27. The summed E-state index contributed by atoms with van der Waals surface area (Å²) in [6.45, 7) is 3.24. The highest BCUT2D eigenvalue weighted by atomic mass is 79.9. The molecule has 0 aliphatic carbocycles. The fraction of sp³-hybridized carbons (Fsp3) is 0.333. The Morgan fingerprint density at radius 3 is 2.58 bits per heavy atom. The molecule has 1 N–H and O–H groups in total. The van der Waals surface area contributed by atoms with Crippen molar-refractivity contribution in [2.45, 2.75) is 25.8 Å². The van der Waals surface area contributed by atoms with Gasteiger partial charge >= 0.3 is 0 Å². The molecule has 0 spiro atoms. The van der Waals surface area contributed by atoms with Crippen LogP contribution >= 0.6 is 38.9 Å². The number of thiophene rings is 1. The van der Waals surface area contributed by atoms with Crippen LogP contribution in [0.3, 0.4) is 0 Å². The molecule has 0 saturated heterocycles. The molecule has 0 amide bonds. The van der Waals surface area contributed by atoms with Crippen LogP contribution < -0.4 is 5.32 Å². The Hall–Kier alpha value is -0.350. The summed E-state index contributed by atoms with van der Waals surface area (Å²) in [6.07, 6.45) is 2.12. The maximum absolute atomic E-state index is 5.88. The minimum atomic E-state index is 0.476.